The molecular formula is C15H23NO3. The van der Waals surface area contributed by atoms with E-state index in [9.17, 15) is 9.90 Å². The van der Waals surface area contributed by atoms with Gasteiger partial charge in [-0.1, -0.05) is 17.7 Å². The lowest BCUT2D eigenvalue weighted by Crippen LogP contribution is -2.40. The van der Waals surface area contributed by atoms with Crippen molar-refractivity contribution in [1.82, 2.24) is 4.90 Å². The molecule has 1 rings (SSSR count). The number of likely N-dealkylation sites (N-methyl/N-ethyl adjacent to an activating group) is 1. The standard InChI is InChI=1S/C15H23NO3/c1-5-16(6-2)15(18)12(4)19-14-8-7-11(3)9-13(14)10-17/h7-9,12,17H,5-6,10H2,1-4H3. The fraction of sp³-hybridized carbons (Fsp3) is 0.533. The van der Waals surface area contributed by atoms with Crippen LogP contribution in [0.1, 0.15) is 31.9 Å². The lowest BCUT2D eigenvalue weighted by Gasteiger charge is -2.24. The number of rotatable bonds is 6. The van der Waals surface area contributed by atoms with E-state index in [-0.39, 0.29) is 12.5 Å². The molecule has 0 bridgehead atoms. The lowest BCUT2D eigenvalue weighted by atomic mass is 10.1. The number of ether oxygens (including phenoxy) is 1. The number of hydrogen-bond donors (Lipinski definition) is 1. The molecule has 0 aliphatic carbocycles. The van der Waals surface area contributed by atoms with E-state index in [0.717, 1.165) is 5.56 Å². The number of amides is 1. The third-order valence-electron chi connectivity index (χ3n) is 3.11. The largest absolute Gasteiger partial charge is 0.481 e. The highest BCUT2D eigenvalue weighted by atomic mass is 16.5. The number of benzene rings is 1. The maximum Gasteiger partial charge on any atom is 0.263 e. The summed E-state index contributed by atoms with van der Waals surface area (Å²) in [6, 6.07) is 5.57. The lowest BCUT2D eigenvalue weighted by molar-refractivity contribution is -0.137. The summed E-state index contributed by atoms with van der Waals surface area (Å²) in [5.74, 6) is 0.538. The maximum atomic E-state index is 12.1. The Morgan fingerprint density at radius 3 is 2.53 bits per heavy atom. The SMILES string of the molecule is CCN(CC)C(=O)C(C)Oc1ccc(C)cc1CO. The van der Waals surface area contributed by atoms with Crippen molar-refractivity contribution in [3.05, 3.63) is 29.3 Å². The van der Waals surface area contributed by atoms with Crippen molar-refractivity contribution in [3.8, 4) is 5.75 Å². The minimum atomic E-state index is -0.548. The summed E-state index contributed by atoms with van der Waals surface area (Å²) in [7, 11) is 0. The molecule has 1 atom stereocenters. The predicted octanol–water partition coefficient (Wildman–Crippen LogP) is 2.12. The molecule has 0 aromatic heterocycles. The molecular weight excluding hydrogens is 242 g/mol. The Morgan fingerprint density at radius 1 is 1.37 bits per heavy atom. The van der Waals surface area contributed by atoms with Crippen LogP contribution in [0.2, 0.25) is 0 Å². The van der Waals surface area contributed by atoms with Gasteiger partial charge in [-0.05, 0) is 33.8 Å². The second kappa shape index (κ2) is 7.14. The molecule has 4 heteroatoms. The topological polar surface area (TPSA) is 49.8 Å². The molecule has 0 aliphatic rings. The van der Waals surface area contributed by atoms with Gasteiger partial charge in [0, 0.05) is 18.7 Å². The number of carbonyl (C=O) groups excluding carboxylic acids is 1. The zero-order valence-corrected chi connectivity index (χ0v) is 12.1. The number of nitrogens with zero attached hydrogens (tertiary/aromatic N) is 1. The first-order valence-corrected chi connectivity index (χ1v) is 6.69. The first-order chi connectivity index (χ1) is 9.03. The quantitative estimate of drug-likeness (QED) is 0.857. The summed E-state index contributed by atoms with van der Waals surface area (Å²) in [5, 5.41) is 9.32. The first kappa shape index (κ1) is 15.5. The molecule has 4 nitrogen and oxygen atoms in total. The molecule has 0 spiro atoms. The van der Waals surface area contributed by atoms with Crippen molar-refractivity contribution >= 4 is 5.91 Å². The average Bonchev–Trinajstić information content (AvgIpc) is 2.41. The van der Waals surface area contributed by atoms with Crippen LogP contribution in [-0.4, -0.2) is 35.1 Å². The zero-order valence-electron chi connectivity index (χ0n) is 12.1. The normalized spacial score (nSPS) is 12.1. The van der Waals surface area contributed by atoms with E-state index in [0.29, 0.717) is 24.4 Å². The summed E-state index contributed by atoms with van der Waals surface area (Å²) in [6.45, 7) is 8.82. The smallest absolute Gasteiger partial charge is 0.263 e. The third kappa shape index (κ3) is 3.96. The van der Waals surface area contributed by atoms with Crippen LogP contribution >= 0.6 is 0 Å². The molecule has 0 saturated heterocycles. The highest BCUT2D eigenvalue weighted by Crippen LogP contribution is 2.21. The van der Waals surface area contributed by atoms with Crippen LogP contribution in [-0.2, 0) is 11.4 Å². The van der Waals surface area contributed by atoms with E-state index in [1.165, 1.54) is 0 Å². The van der Waals surface area contributed by atoms with E-state index in [1.807, 2.05) is 32.9 Å². The van der Waals surface area contributed by atoms with Gasteiger partial charge in [0.25, 0.3) is 5.91 Å². The van der Waals surface area contributed by atoms with Gasteiger partial charge in [0.15, 0.2) is 6.10 Å². The molecule has 19 heavy (non-hydrogen) atoms. The van der Waals surface area contributed by atoms with E-state index < -0.39 is 6.10 Å². The molecule has 0 aliphatic heterocycles. The van der Waals surface area contributed by atoms with Crippen LogP contribution in [0.4, 0.5) is 0 Å². The minimum absolute atomic E-state index is 0.0329. The molecule has 0 radical (unpaired) electrons. The van der Waals surface area contributed by atoms with Gasteiger partial charge in [-0.15, -0.1) is 0 Å². The van der Waals surface area contributed by atoms with Gasteiger partial charge in [-0.25, -0.2) is 0 Å². The summed E-state index contributed by atoms with van der Waals surface area (Å²) < 4.78 is 5.69. The van der Waals surface area contributed by atoms with Crippen LogP contribution in [0.5, 0.6) is 5.75 Å². The highest BCUT2D eigenvalue weighted by molar-refractivity contribution is 5.80. The van der Waals surface area contributed by atoms with Crippen LogP contribution in [0.3, 0.4) is 0 Å². The van der Waals surface area contributed by atoms with Gasteiger partial charge in [-0.3, -0.25) is 4.79 Å². The van der Waals surface area contributed by atoms with Gasteiger partial charge < -0.3 is 14.7 Å². The fourth-order valence-corrected chi connectivity index (χ4v) is 1.98. The molecule has 1 aromatic carbocycles. The number of hydrogen-bond acceptors (Lipinski definition) is 3. The predicted molar refractivity (Wildman–Crippen MR) is 75.1 cm³/mol. The monoisotopic (exact) mass is 265 g/mol. The molecule has 0 fully saturated rings. The number of aryl methyl sites for hydroxylation is 1. The molecule has 0 saturated carbocycles. The molecule has 1 unspecified atom stereocenters. The van der Waals surface area contributed by atoms with Crippen molar-refractivity contribution in [2.24, 2.45) is 0 Å². The molecule has 106 valence electrons. The van der Waals surface area contributed by atoms with Crippen molar-refractivity contribution in [3.63, 3.8) is 0 Å². The van der Waals surface area contributed by atoms with Gasteiger partial charge in [0.1, 0.15) is 5.75 Å². The van der Waals surface area contributed by atoms with E-state index in [2.05, 4.69) is 0 Å². The van der Waals surface area contributed by atoms with Crippen molar-refractivity contribution in [2.75, 3.05) is 13.1 Å². The zero-order chi connectivity index (χ0) is 14.4. The minimum Gasteiger partial charge on any atom is -0.481 e. The molecule has 1 amide bonds. The summed E-state index contributed by atoms with van der Waals surface area (Å²) >= 11 is 0. The van der Waals surface area contributed by atoms with E-state index in [4.69, 9.17) is 4.74 Å². The second-order valence-corrected chi connectivity index (χ2v) is 4.54. The second-order valence-electron chi connectivity index (χ2n) is 4.54. The Hall–Kier alpha value is -1.55. The van der Waals surface area contributed by atoms with Gasteiger partial charge >= 0.3 is 0 Å². The number of aliphatic hydroxyl groups is 1. The fourth-order valence-electron chi connectivity index (χ4n) is 1.98. The summed E-state index contributed by atoms with van der Waals surface area (Å²) in [4.78, 5) is 13.8. The third-order valence-corrected chi connectivity index (χ3v) is 3.11. The first-order valence-electron chi connectivity index (χ1n) is 6.69. The highest BCUT2D eigenvalue weighted by Gasteiger charge is 2.20. The van der Waals surface area contributed by atoms with Crippen LogP contribution in [0.15, 0.2) is 18.2 Å². The number of aliphatic hydroxyl groups excluding tert-OH is 1. The Balaban J connectivity index is 2.81. The van der Waals surface area contributed by atoms with Crippen molar-refractivity contribution < 1.29 is 14.6 Å². The van der Waals surface area contributed by atoms with Crippen molar-refractivity contribution in [2.45, 2.75) is 40.4 Å². The van der Waals surface area contributed by atoms with E-state index in [1.54, 1.807) is 17.9 Å². The number of carbonyl (C=O) groups is 1. The van der Waals surface area contributed by atoms with Gasteiger partial charge in [0.05, 0.1) is 6.61 Å². The summed E-state index contributed by atoms with van der Waals surface area (Å²) in [5.41, 5.74) is 1.76. The van der Waals surface area contributed by atoms with Gasteiger partial charge in [-0.2, -0.15) is 0 Å². The van der Waals surface area contributed by atoms with Gasteiger partial charge in [0.2, 0.25) is 0 Å². The van der Waals surface area contributed by atoms with Crippen LogP contribution < -0.4 is 4.74 Å². The van der Waals surface area contributed by atoms with Crippen LogP contribution in [0, 0.1) is 6.92 Å². The Kier molecular flexibility index (Phi) is 5.83. The molecule has 0 heterocycles. The molecule has 1 aromatic rings. The average molecular weight is 265 g/mol. The maximum absolute atomic E-state index is 12.1. The Bertz CT molecular complexity index is 427. The van der Waals surface area contributed by atoms with E-state index >= 15 is 0 Å². The van der Waals surface area contributed by atoms with Crippen LogP contribution in [0.25, 0.3) is 0 Å². The van der Waals surface area contributed by atoms with Crippen molar-refractivity contribution in [1.29, 1.82) is 0 Å². The Morgan fingerprint density at radius 2 is 2.00 bits per heavy atom. The molecule has 1 N–H and O–H groups in total. The summed E-state index contributed by atoms with van der Waals surface area (Å²) in [6.07, 6.45) is -0.548. The Labute approximate surface area is 115 Å².